The average Bonchev–Trinajstić information content (AvgIpc) is 2.60. The van der Waals surface area contributed by atoms with Gasteiger partial charge in [0.05, 0.1) is 10.6 Å². The van der Waals surface area contributed by atoms with Crippen LogP contribution in [0.4, 0.5) is 5.69 Å². The monoisotopic (exact) mass is 405 g/mol. The van der Waals surface area contributed by atoms with Crippen molar-refractivity contribution in [3.8, 4) is 0 Å². The molecule has 26 heavy (non-hydrogen) atoms. The van der Waals surface area contributed by atoms with Gasteiger partial charge in [-0.3, -0.25) is 4.79 Å². The Morgan fingerprint density at radius 3 is 2.35 bits per heavy atom. The van der Waals surface area contributed by atoms with Crippen LogP contribution in [0.1, 0.15) is 0 Å². The molecule has 7 heteroatoms. The van der Waals surface area contributed by atoms with Gasteiger partial charge in [-0.25, -0.2) is 8.42 Å². The molecule has 0 aliphatic carbocycles. The molecule has 0 radical (unpaired) electrons. The number of rotatable bonds is 5. The fourth-order valence-corrected chi connectivity index (χ4v) is 4.38. The summed E-state index contributed by atoms with van der Waals surface area (Å²) in [6.45, 7) is 0. The van der Waals surface area contributed by atoms with Gasteiger partial charge >= 0.3 is 0 Å². The number of sulfone groups is 1. The number of hydrogen-bond donors (Lipinski definition) is 1. The van der Waals surface area contributed by atoms with Crippen LogP contribution in [0.5, 0.6) is 0 Å². The van der Waals surface area contributed by atoms with Crippen molar-refractivity contribution in [2.45, 2.75) is 9.79 Å². The zero-order valence-corrected chi connectivity index (χ0v) is 16.3. The SMILES string of the molecule is CS(=O)(=O)c1ccc(NC(=O)CSc2cccc3cccc(Cl)c23)cc1. The van der Waals surface area contributed by atoms with E-state index in [0.29, 0.717) is 10.7 Å². The standard InChI is InChI=1S/C19H16ClNO3S2/c1-26(23,24)15-10-8-14(9-11-15)21-18(22)12-25-17-7-3-5-13-4-2-6-16(20)19(13)17/h2-11H,12H2,1H3,(H,21,22). The van der Waals surface area contributed by atoms with Crippen molar-refractivity contribution in [3.05, 3.63) is 65.7 Å². The van der Waals surface area contributed by atoms with Gasteiger partial charge in [-0.05, 0) is 41.8 Å². The van der Waals surface area contributed by atoms with E-state index < -0.39 is 9.84 Å². The first kappa shape index (κ1) is 18.8. The van der Waals surface area contributed by atoms with E-state index in [1.54, 1.807) is 12.1 Å². The predicted molar refractivity (Wildman–Crippen MR) is 108 cm³/mol. The molecule has 0 saturated heterocycles. The normalized spacial score (nSPS) is 11.5. The Balaban J connectivity index is 1.68. The summed E-state index contributed by atoms with van der Waals surface area (Å²) in [5.41, 5.74) is 0.555. The van der Waals surface area contributed by atoms with Crippen LogP contribution in [0.3, 0.4) is 0 Å². The van der Waals surface area contributed by atoms with Gasteiger partial charge < -0.3 is 5.32 Å². The molecule has 0 aromatic heterocycles. The first-order chi connectivity index (χ1) is 12.3. The van der Waals surface area contributed by atoms with Crippen LogP contribution in [0, 0.1) is 0 Å². The number of fused-ring (bicyclic) bond motifs is 1. The molecule has 0 spiro atoms. The summed E-state index contributed by atoms with van der Waals surface area (Å²) in [5.74, 6) is 0.0456. The summed E-state index contributed by atoms with van der Waals surface area (Å²) in [5, 5.41) is 5.39. The van der Waals surface area contributed by atoms with Crippen LogP contribution < -0.4 is 5.32 Å². The van der Waals surface area contributed by atoms with Gasteiger partial charge in [0.2, 0.25) is 5.91 Å². The molecule has 1 amide bonds. The summed E-state index contributed by atoms with van der Waals surface area (Å²) in [4.78, 5) is 13.4. The first-order valence-corrected chi connectivity index (χ1v) is 11.0. The highest BCUT2D eigenvalue weighted by Crippen LogP contribution is 2.33. The van der Waals surface area contributed by atoms with Crippen LogP contribution in [0.15, 0.2) is 70.5 Å². The third-order valence-electron chi connectivity index (χ3n) is 3.74. The van der Waals surface area contributed by atoms with Gasteiger partial charge in [0.15, 0.2) is 9.84 Å². The highest BCUT2D eigenvalue weighted by Gasteiger charge is 2.10. The van der Waals surface area contributed by atoms with Crippen molar-refractivity contribution < 1.29 is 13.2 Å². The van der Waals surface area contributed by atoms with Crippen molar-refractivity contribution in [3.63, 3.8) is 0 Å². The number of hydrogen-bond acceptors (Lipinski definition) is 4. The van der Waals surface area contributed by atoms with E-state index in [2.05, 4.69) is 5.32 Å². The molecule has 0 saturated carbocycles. The van der Waals surface area contributed by atoms with E-state index in [1.165, 1.54) is 23.9 Å². The molecule has 4 nitrogen and oxygen atoms in total. The maximum Gasteiger partial charge on any atom is 0.234 e. The Bertz CT molecular complexity index is 1060. The molecule has 0 aliphatic heterocycles. The highest BCUT2D eigenvalue weighted by molar-refractivity contribution is 8.00. The minimum Gasteiger partial charge on any atom is -0.325 e. The first-order valence-electron chi connectivity index (χ1n) is 7.74. The average molecular weight is 406 g/mol. The van der Waals surface area contributed by atoms with E-state index in [0.717, 1.165) is 21.9 Å². The van der Waals surface area contributed by atoms with Crippen molar-refractivity contribution >= 4 is 55.6 Å². The lowest BCUT2D eigenvalue weighted by molar-refractivity contribution is -0.113. The smallest absolute Gasteiger partial charge is 0.234 e. The highest BCUT2D eigenvalue weighted by atomic mass is 35.5. The number of carbonyl (C=O) groups is 1. The van der Waals surface area contributed by atoms with E-state index in [-0.39, 0.29) is 16.6 Å². The Hall–Kier alpha value is -2.02. The van der Waals surface area contributed by atoms with Crippen molar-refractivity contribution in [1.29, 1.82) is 0 Å². The Kier molecular flexibility index (Phi) is 5.55. The van der Waals surface area contributed by atoms with Crippen molar-refractivity contribution in [2.24, 2.45) is 0 Å². The molecule has 3 aromatic carbocycles. The Labute approximate surface area is 161 Å². The Morgan fingerprint density at radius 1 is 1.04 bits per heavy atom. The topological polar surface area (TPSA) is 63.2 Å². The largest absolute Gasteiger partial charge is 0.325 e. The van der Waals surface area contributed by atoms with Crippen molar-refractivity contribution in [2.75, 3.05) is 17.3 Å². The maximum absolute atomic E-state index is 12.2. The quantitative estimate of drug-likeness (QED) is 0.628. The predicted octanol–water partition coefficient (Wildman–Crippen LogP) is 4.63. The number of carbonyl (C=O) groups excluding carboxylic acids is 1. The molecule has 134 valence electrons. The lowest BCUT2D eigenvalue weighted by Crippen LogP contribution is -2.14. The third-order valence-corrected chi connectivity index (χ3v) is 6.24. The minimum atomic E-state index is -3.25. The van der Waals surface area contributed by atoms with E-state index in [9.17, 15) is 13.2 Å². The zero-order chi connectivity index (χ0) is 18.7. The lowest BCUT2D eigenvalue weighted by Gasteiger charge is -2.09. The molecule has 0 atom stereocenters. The molecular weight excluding hydrogens is 390 g/mol. The summed E-state index contributed by atoms with van der Waals surface area (Å²) >= 11 is 7.70. The molecule has 0 unspecified atom stereocenters. The number of halogens is 1. The van der Waals surface area contributed by atoms with E-state index in [4.69, 9.17) is 11.6 Å². The molecular formula is C19H16ClNO3S2. The second-order valence-corrected chi connectivity index (χ2v) is 9.17. The van der Waals surface area contributed by atoms with Crippen LogP contribution in [0.2, 0.25) is 5.02 Å². The van der Waals surface area contributed by atoms with E-state index >= 15 is 0 Å². The summed E-state index contributed by atoms with van der Waals surface area (Å²) in [6, 6.07) is 17.7. The van der Waals surface area contributed by atoms with Gasteiger partial charge in [-0.15, -0.1) is 11.8 Å². The van der Waals surface area contributed by atoms with Crippen LogP contribution in [0.25, 0.3) is 10.8 Å². The Morgan fingerprint density at radius 2 is 1.69 bits per heavy atom. The maximum atomic E-state index is 12.2. The van der Waals surface area contributed by atoms with Crippen LogP contribution in [-0.2, 0) is 14.6 Å². The second kappa shape index (κ2) is 7.70. The van der Waals surface area contributed by atoms with E-state index in [1.807, 2.05) is 36.4 Å². The summed E-state index contributed by atoms with van der Waals surface area (Å²) in [7, 11) is -3.25. The van der Waals surface area contributed by atoms with Gasteiger partial charge in [0, 0.05) is 27.2 Å². The van der Waals surface area contributed by atoms with Gasteiger partial charge in [-0.1, -0.05) is 35.9 Å². The summed E-state index contributed by atoms with van der Waals surface area (Å²) in [6.07, 6.45) is 1.15. The van der Waals surface area contributed by atoms with Crippen LogP contribution in [-0.4, -0.2) is 26.3 Å². The van der Waals surface area contributed by atoms with Gasteiger partial charge in [0.1, 0.15) is 0 Å². The molecule has 0 aliphatic rings. The molecule has 3 rings (SSSR count). The second-order valence-electron chi connectivity index (χ2n) is 5.73. The lowest BCUT2D eigenvalue weighted by atomic mass is 10.1. The third kappa shape index (κ3) is 4.38. The zero-order valence-electron chi connectivity index (χ0n) is 13.9. The fourth-order valence-electron chi connectivity index (χ4n) is 2.51. The number of amides is 1. The molecule has 0 heterocycles. The van der Waals surface area contributed by atoms with Gasteiger partial charge in [-0.2, -0.15) is 0 Å². The number of benzene rings is 3. The number of anilines is 1. The number of nitrogens with one attached hydrogen (secondary N) is 1. The minimum absolute atomic E-state index is 0.175. The molecule has 1 N–H and O–H groups in total. The molecule has 3 aromatic rings. The molecule has 0 bridgehead atoms. The molecule has 0 fully saturated rings. The number of thioether (sulfide) groups is 1. The van der Waals surface area contributed by atoms with Crippen LogP contribution >= 0.6 is 23.4 Å². The summed E-state index contributed by atoms with van der Waals surface area (Å²) < 4.78 is 22.9. The van der Waals surface area contributed by atoms with Gasteiger partial charge in [0.25, 0.3) is 0 Å². The van der Waals surface area contributed by atoms with Crippen molar-refractivity contribution in [1.82, 2.24) is 0 Å². The fraction of sp³-hybridized carbons (Fsp3) is 0.105.